The van der Waals surface area contributed by atoms with Crippen LogP contribution in [0.5, 0.6) is 11.5 Å². The fourth-order valence-corrected chi connectivity index (χ4v) is 6.86. The lowest BCUT2D eigenvalue weighted by Crippen LogP contribution is -2.41. The summed E-state index contributed by atoms with van der Waals surface area (Å²) in [5.74, 6) is 0.548. The molecule has 2 heterocycles. The minimum atomic E-state index is -3.79. The van der Waals surface area contributed by atoms with Gasteiger partial charge in [0, 0.05) is 37.4 Å². The highest BCUT2D eigenvalue weighted by Crippen LogP contribution is 2.36. The number of carbonyl (C=O) groups excluding carboxylic acids is 1. The Morgan fingerprint density at radius 2 is 1.57 bits per heavy atom. The zero-order chi connectivity index (χ0) is 25.4. The Morgan fingerprint density at radius 1 is 1.00 bits per heavy atom. The summed E-state index contributed by atoms with van der Waals surface area (Å²) < 4.78 is 61.9. The second-order valence-corrected chi connectivity index (χ2v) is 13.1. The molecule has 1 saturated heterocycles. The van der Waals surface area contributed by atoms with Crippen molar-refractivity contribution in [3.8, 4) is 11.5 Å². The molecule has 0 spiro atoms. The van der Waals surface area contributed by atoms with Crippen LogP contribution in [-0.4, -0.2) is 65.6 Å². The van der Waals surface area contributed by atoms with Crippen molar-refractivity contribution in [3.05, 3.63) is 36.4 Å². The van der Waals surface area contributed by atoms with E-state index in [0.29, 0.717) is 35.0 Å². The molecule has 35 heavy (non-hydrogen) atoms. The van der Waals surface area contributed by atoms with E-state index in [2.05, 4.69) is 10.3 Å². The minimum absolute atomic E-state index is 0.0214. The summed E-state index contributed by atoms with van der Waals surface area (Å²) in [6.45, 7) is 0.366. The van der Waals surface area contributed by atoms with Gasteiger partial charge in [0.25, 0.3) is 0 Å². The Morgan fingerprint density at radius 3 is 2.14 bits per heavy atom. The zero-order valence-electron chi connectivity index (χ0n) is 19.3. The largest absolute Gasteiger partial charge is 0.493 e. The number of nitrogens with one attached hydrogen (secondary N) is 1. The molecule has 10 nitrogen and oxygen atoms in total. The standard InChI is InChI=1S/C22H25N3O7S3/c1-31-18-12-17-20(13-19(18)32-2)33-22(23-17)24-21(26)14-8-10-25(11-9-14)35(29,30)16-6-4-15(5-7-16)34(3,27)28/h4-7,12-14H,8-11H2,1-3H3,(H,23,24,26). The van der Waals surface area contributed by atoms with Gasteiger partial charge in [-0.2, -0.15) is 4.31 Å². The van der Waals surface area contributed by atoms with Gasteiger partial charge in [-0.05, 0) is 37.1 Å². The fraction of sp³-hybridized carbons (Fsp3) is 0.364. The van der Waals surface area contributed by atoms with Gasteiger partial charge in [0.05, 0.1) is 34.2 Å². The third-order valence-electron chi connectivity index (χ3n) is 5.84. The number of nitrogens with zero attached hydrogens (tertiary/aromatic N) is 2. The molecule has 0 unspecified atom stereocenters. The molecular weight excluding hydrogens is 514 g/mol. The number of piperidine rings is 1. The van der Waals surface area contributed by atoms with E-state index < -0.39 is 19.9 Å². The van der Waals surface area contributed by atoms with Gasteiger partial charge >= 0.3 is 0 Å². The first-order chi connectivity index (χ1) is 16.5. The normalized spacial score (nSPS) is 15.7. The molecule has 1 aliphatic rings. The van der Waals surface area contributed by atoms with E-state index in [9.17, 15) is 21.6 Å². The van der Waals surface area contributed by atoms with E-state index in [-0.39, 0.29) is 34.7 Å². The van der Waals surface area contributed by atoms with Crippen molar-refractivity contribution in [1.82, 2.24) is 9.29 Å². The Kier molecular flexibility index (Phi) is 7.04. The Bertz CT molecular complexity index is 1420. The topological polar surface area (TPSA) is 132 Å². The Hall–Kier alpha value is -2.74. The number of hydrogen-bond donors (Lipinski definition) is 1. The van der Waals surface area contributed by atoms with Crippen molar-refractivity contribution >= 4 is 52.5 Å². The van der Waals surface area contributed by atoms with Crippen LogP contribution >= 0.6 is 11.3 Å². The number of sulfone groups is 1. The predicted octanol–water partition coefficient (Wildman–Crippen LogP) is 2.76. The summed E-state index contributed by atoms with van der Waals surface area (Å²) >= 11 is 1.32. The molecule has 2 aromatic carbocycles. The van der Waals surface area contributed by atoms with E-state index in [4.69, 9.17) is 9.47 Å². The van der Waals surface area contributed by atoms with Gasteiger partial charge in [-0.25, -0.2) is 21.8 Å². The number of carbonyl (C=O) groups is 1. The van der Waals surface area contributed by atoms with Gasteiger partial charge in [0.2, 0.25) is 15.9 Å². The van der Waals surface area contributed by atoms with E-state index in [0.717, 1.165) is 11.0 Å². The molecular formula is C22H25N3O7S3. The van der Waals surface area contributed by atoms with Crippen molar-refractivity contribution in [1.29, 1.82) is 0 Å². The van der Waals surface area contributed by atoms with Crippen molar-refractivity contribution in [2.24, 2.45) is 5.92 Å². The lowest BCUT2D eigenvalue weighted by molar-refractivity contribution is -0.120. The van der Waals surface area contributed by atoms with Crippen molar-refractivity contribution in [3.63, 3.8) is 0 Å². The number of rotatable bonds is 7. The zero-order valence-corrected chi connectivity index (χ0v) is 21.8. The summed E-state index contributed by atoms with van der Waals surface area (Å²) in [5.41, 5.74) is 0.672. The second-order valence-electron chi connectivity index (χ2n) is 8.11. The molecule has 13 heteroatoms. The quantitative estimate of drug-likeness (QED) is 0.485. The summed E-state index contributed by atoms with van der Waals surface area (Å²) in [6, 6.07) is 8.69. The van der Waals surface area contributed by atoms with Crippen LogP contribution in [0.2, 0.25) is 0 Å². The van der Waals surface area contributed by atoms with Crippen LogP contribution in [0.4, 0.5) is 5.13 Å². The molecule has 1 aromatic heterocycles. The number of ether oxygens (including phenoxy) is 2. The van der Waals surface area contributed by atoms with E-state index in [1.54, 1.807) is 19.2 Å². The van der Waals surface area contributed by atoms with Crippen molar-refractivity contribution < 1.29 is 31.1 Å². The first kappa shape index (κ1) is 25.4. The maximum atomic E-state index is 13.0. The van der Waals surface area contributed by atoms with Crippen LogP contribution in [0.3, 0.4) is 0 Å². The van der Waals surface area contributed by atoms with Gasteiger partial charge < -0.3 is 14.8 Å². The molecule has 0 saturated carbocycles. The average molecular weight is 540 g/mol. The van der Waals surface area contributed by atoms with E-state index >= 15 is 0 Å². The van der Waals surface area contributed by atoms with Crippen LogP contribution in [0.15, 0.2) is 46.2 Å². The maximum absolute atomic E-state index is 13.0. The Balaban J connectivity index is 1.40. The summed E-state index contributed by atoms with van der Waals surface area (Å²) in [4.78, 5) is 17.4. The average Bonchev–Trinajstić information content (AvgIpc) is 3.23. The predicted molar refractivity (Wildman–Crippen MR) is 132 cm³/mol. The van der Waals surface area contributed by atoms with Crippen molar-refractivity contribution in [2.45, 2.75) is 22.6 Å². The van der Waals surface area contributed by atoms with E-state index in [1.165, 1.54) is 47.0 Å². The molecule has 4 rings (SSSR count). The molecule has 0 atom stereocenters. The van der Waals surface area contributed by atoms with E-state index in [1.807, 2.05) is 0 Å². The van der Waals surface area contributed by atoms with Gasteiger partial charge in [-0.1, -0.05) is 11.3 Å². The molecule has 1 fully saturated rings. The lowest BCUT2D eigenvalue weighted by atomic mass is 9.97. The maximum Gasteiger partial charge on any atom is 0.243 e. The number of fused-ring (bicyclic) bond motifs is 1. The lowest BCUT2D eigenvalue weighted by Gasteiger charge is -2.30. The van der Waals surface area contributed by atoms with Crippen LogP contribution < -0.4 is 14.8 Å². The number of anilines is 1. The number of aromatic nitrogens is 1. The van der Waals surface area contributed by atoms with Gasteiger partial charge in [0.15, 0.2) is 26.5 Å². The molecule has 188 valence electrons. The van der Waals surface area contributed by atoms with Crippen LogP contribution in [-0.2, 0) is 24.7 Å². The molecule has 1 aliphatic heterocycles. The highest BCUT2D eigenvalue weighted by atomic mass is 32.2. The third-order valence-corrected chi connectivity index (χ3v) is 9.81. The molecule has 0 aliphatic carbocycles. The van der Waals surface area contributed by atoms with Crippen LogP contribution in [0, 0.1) is 5.92 Å². The number of methoxy groups -OCH3 is 2. The third kappa shape index (κ3) is 5.27. The summed E-state index contributed by atoms with van der Waals surface area (Å²) in [6.07, 6.45) is 1.78. The summed E-state index contributed by atoms with van der Waals surface area (Å²) in [7, 11) is -4.12. The number of thiazole rings is 1. The summed E-state index contributed by atoms with van der Waals surface area (Å²) in [5, 5.41) is 3.29. The highest BCUT2D eigenvalue weighted by Gasteiger charge is 2.32. The number of benzene rings is 2. The number of amides is 1. The molecule has 3 aromatic rings. The van der Waals surface area contributed by atoms with Gasteiger partial charge in [-0.15, -0.1) is 0 Å². The van der Waals surface area contributed by atoms with Gasteiger partial charge in [-0.3, -0.25) is 4.79 Å². The Labute approximate surface area is 207 Å². The number of sulfonamides is 1. The van der Waals surface area contributed by atoms with Crippen LogP contribution in [0.1, 0.15) is 12.8 Å². The van der Waals surface area contributed by atoms with Gasteiger partial charge in [0.1, 0.15) is 0 Å². The second kappa shape index (κ2) is 9.72. The number of hydrogen-bond acceptors (Lipinski definition) is 9. The SMILES string of the molecule is COc1cc2nc(NC(=O)C3CCN(S(=O)(=O)c4ccc(S(C)(=O)=O)cc4)CC3)sc2cc1OC. The fourth-order valence-electron chi connectivity index (χ4n) is 3.88. The molecule has 0 bridgehead atoms. The molecule has 0 radical (unpaired) electrons. The molecule has 1 N–H and O–H groups in total. The first-order valence-corrected chi connectivity index (χ1v) is 14.8. The van der Waals surface area contributed by atoms with Crippen LogP contribution in [0.25, 0.3) is 10.2 Å². The minimum Gasteiger partial charge on any atom is -0.493 e. The molecule has 1 amide bonds. The van der Waals surface area contributed by atoms with Crippen molar-refractivity contribution in [2.75, 3.05) is 38.9 Å². The monoisotopic (exact) mass is 539 g/mol. The first-order valence-electron chi connectivity index (χ1n) is 10.7. The highest BCUT2D eigenvalue weighted by molar-refractivity contribution is 7.90. The smallest absolute Gasteiger partial charge is 0.243 e.